The molecular weight excluding hydrogens is 602 g/mol. The maximum Gasteiger partial charge on any atom is 0.266 e. The molecule has 4 heterocycles. The summed E-state index contributed by atoms with van der Waals surface area (Å²) in [5.74, 6) is -2.11. The molecule has 2 atom stereocenters. The maximum atomic E-state index is 13.8. The molecule has 8 nitrogen and oxygen atoms in total. The molecule has 2 aromatic heterocycles. The van der Waals surface area contributed by atoms with Gasteiger partial charge in [0.15, 0.2) is 11.6 Å². The monoisotopic (exact) mass is 626 g/mol. The Morgan fingerprint density at radius 3 is 2.60 bits per heavy atom. The lowest BCUT2D eigenvalue weighted by atomic mass is 9.99. The summed E-state index contributed by atoms with van der Waals surface area (Å²) in [6.07, 6.45) is 4.91. The van der Waals surface area contributed by atoms with Gasteiger partial charge in [-0.2, -0.15) is 0 Å². The lowest BCUT2D eigenvalue weighted by molar-refractivity contribution is -0.120. The molecule has 40 heavy (non-hydrogen) atoms. The van der Waals surface area contributed by atoms with Crippen molar-refractivity contribution in [2.24, 2.45) is 0 Å². The Hall–Kier alpha value is -3.51. The minimum atomic E-state index is -0.960. The van der Waals surface area contributed by atoms with Crippen molar-refractivity contribution in [1.29, 1.82) is 0 Å². The number of hydrogen-bond acceptors (Lipinski definition) is 6. The number of amides is 2. The van der Waals surface area contributed by atoms with Gasteiger partial charge in [-0.1, -0.05) is 21.1 Å². The Morgan fingerprint density at radius 2 is 1.82 bits per heavy atom. The highest BCUT2D eigenvalue weighted by molar-refractivity contribution is 9.10. The van der Waals surface area contributed by atoms with Gasteiger partial charge in [-0.3, -0.25) is 9.59 Å². The van der Waals surface area contributed by atoms with Gasteiger partial charge >= 0.3 is 0 Å². The number of carbonyl (C=O) groups excluding carboxylic acids is 2. The number of likely N-dealkylation sites (tertiary alicyclic amines) is 1. The van der Waals surface area contributed by atoms with Crippen LogP contribution >= 0.6 is 27.3 Å². The summed E-state index contributed by atoms with van der Waals surface area (Å²) in [7, 11) is 0. The number of nitrogens with zero attached hydrogens (tertiary/aromatic N) is 6. The van der Waals surface area contributed by atoms with E-state index >= 15 is 0 Å². The summed E-state index contributed by atoms with van der Waals surface area (Å²) in [5.41, 5.74) is 2.43. The summed E-state index contributed by atoms with van der Waals surface area (Å²) in [6, 6.07) is 10.5. The molecule has 0 radical (unpaired) electrons. The predicted octanol–water partition coefficient (Wildman–Crippen LogP) is 6.10. The smallest absolute Gasteiger partial charge is 0.266 e. The van der Waals surface area contributed by atoms with Crippen LogP contribution in [-0.2, 0) is 4.79 Å². The van der Waals surface area contributed by atoms with Gasteiger partial charge in [0.25, 0.3) is 11.8 Å². The fraction of sp³-hybridized carbons (Fsp3) is 0.321. The SMILES string of the molecule is Cc1nc(-c2ccc(F)c(F)c2)sc1C(=O)N1CCCCC1c1cn(C2CCN(c3ccc(Br)cc3)C2=O)nn1. The van der Waals surface area contributed by atoms with Gasteiger partial charge in [0.2, 0.25) is 0 Å². The number of halogens is 3. The Morgan fingerprint density at radius 1 is 1.02 bits per heavy atom. The molecule has 0 bridgehead atoms. The average molecular weight is 628 g/mol. The second-order valence-corrected chi connectivity index (χ2v) is 11.9. The number of aryl methyl sites for hydroxylation is 1. The maximum absolute atomic E-state index is 13.8. The molecule has 206 valence electrons. The first-order valence-electron chi connectivity index (χ1n) is 13.0. The topological polar surface area (TPSA) is 84.2 Å². The van der Waals surface area contributed by atoms with E-state index < -0.39 is 17.7 Å². The summed E-state index contributed by atoms with van der Waals surface area (Å²) >= 11 is 4.59. The van der Waals surface area contributed by atoms with Crippen molar-refractivity contribution in [3.05, 3.63) is 81.0 Å². The highest BCUT2D eigenvalue weighted by Crippen LogP contribution is 2.36. The van der Waals surface area contributed by atoms with Gasteiger partial charge in [-0.15, -0.1) is 16.4 Å². The van der Waals surface area contributed by atoms with E-state index in [4.69, 9.17) is 0 Å². The zero-order valence-electron chi connectivity index (χ0n) is 21.6. The number of benzene rings is 2. The molecular formula is C28H25BrF2N6O2S. The average Bonchev–Trinajstić information content (AvgIpc) is 3.69. The van der Waals surface area contributed by atoms with Crippen LogP contribution in [-0.4, -0.2) is 49.8 Å². The van der Waals surface area contributed by atoms with Crippen LogP contribution in [0.5, 0.6) is 0 Å². The van der Waals surface area contributed by atoms with Crippen LogP contribution in [0.15, 0.2) is 53.1 Å². The van der Waals surface area contributed by atoms with Crippen molar-refractivity contribution in [3.63, 3.8) is 0 Å². The molecule has 2 amide bonds. The van der Waals surface area contributed by atoms with Crippen LogP contribution < -0.4 is 4.90 Å². The van der Waals surface area contributed by atoms with E-state index in [0.29, 0.717) is 46.3 Å². The van der Waals surface area contributed by atoms with E-state index in [9.17, 15) is 18.4 Å². The number of carbonyl (C=O) groups is 2. The van der Waals surface area contributed by atoms with Gasteiger partial charge in [-0.05, 0) is 75.1 Å². The van der Waals surface area contributed by atoms with E-state index in [1.54, 1.807) is 27.6 Å². The van der Waals surface area contributed by atoms with Gasteiger partial charge in [0, 0.05) is 28.8 Å². The van der Waals surface area contributed by atoms with Crippen LogP contribution in [0.3, 0.4) is 0 Å². The van der Waals surface area contributed by atoms with Gasteiger partial charge in [0.1, 0.15) is 21.6 Å². The van der Waals surface area contributed by atoms with Gasteiger partial charge in [-0.25, -0.2) is 18.4 Å². The van der Waals surface area contributed by atoms with E-state index in [1.165, 1.54) is 17.4 Å². The second kappa shape index (κ2) is 10.8. The number of thiazole rings is 1. The summed E-state index contributed by atoms with van der Waals surface area (Å²) in [6.45, 7) is 2.87. The van der Waals surface area contributed by atoms with Crippen LogP contribution in [0.1, 0.15) is 58.8 Å². The highest BCUT2D eigenvalue weighted by atomic mass is 79.9. The standard InChI is InChI=1S/C28H25BrF2N6O2S/c1-16-25(40-26(32-16)17-5-10-20(30)21(31)14-17)28(39)36-12-3-2-4-23(36)22-15-37(34-33-22)24-11-13-35(27(24)38)19-8-6-18(29)7-9-19/h5-10,14-15,23-24H,2-4,11-13H2,1H3. The number of piperidine rings is 1. The summed E-state index contributed by atoms with van der Waals surface area (Å²) < 4.78 is 29.8. The predicted molar refractivity (Wildman–Crippen MR) is 150 cm³/mol. The fourth-order valence-corrected chi connectivity index (χ4v) is 6.63. The minimum Gasteiger partial charge on any atom is -0.329 e. The molecule has 6 rings (SSSR count). The molecule has 2 fully saturated rings. The van der Waals surface area contributed by atoms with E-state index in [-0.39, 0.29) is 17.9 Å². The van der Waals surface area contributed by atoms with Crippen molar-refractivity contribution in [1.82, 2.24) is 24.9 Å². The zero-order valence-corrected chi connectivity index (χ0v) is 24.0. The van der Waals surface area contributed by atoms with Crippen molar-refractivity contribution < 1.29 is 18.4 Å². The van der Waals surface area contributed by atoms with Gasteiger partial charge < -0.3 is 9.80 Å². The minimum absolute atomic E-state index is 0.0413. The summed E-state index contributed by atoms with van der Waals surface area (Å²) in [4.78, 5) is 35.5. The molecule has 12 heteroatoms. The first-order chi connectivity index (χ1) is 19.3. The molecule has 4 aromatic rings. The third-order valence-electron chi connectivity index (χ3n) is 7.43. The molecule has 0 N–H and O–H groups in total. The molecule has 2 unspecified atom stereocenters. The molecule has 2 aromatic carbocycles. The Labute approximate surface area is 241 Å². The molecule has 0 spiro atoms. The number of aromatic nitrogens is 4. The van der Waals surface area contributed by atoms with E-state index in [2.05, 4.69) is 31.2 Å². The number of rotatable bonds is 5. The number of anilines is 1. The Balaban J connectivity index is 1.22. The fourth-order valence-electron chi connectivity index (χ4n) is 5.34. The van der Waals surface area contributed by atoms with Crippen LogP contribution in [0.25, 0.3) is 10.6 Å². The quantitative estimate of drug-likeness (QED) is 0.267. The molecule has 2 aliphatic heterocycles. The van der Waals surface area contributed by atoms with Gasteiger partial charge in [0.05, 0.1) is 17.9 Å². The lowest BCUT2D eigenvalue weighted by Crippen LogP contribution is -2.38. The molecule has 0 saturated carbocycles. The molecule has 2 saturated heterocycles. The first kappa shape index (κ1) is 26.7. The zero-order chi connectivity index (χ0) is 28.0. The molecule has 2 aliphatic rings. The second-order valence-electron chi connectivity index (χ2n) is 9.97. The Kier molecular flexibility index (Phi) is 7.22. The molecule has 0 aliphatic carbocycles. The normalized spacial score (nSPS) is 19.4. The lowest BCUT2D eigenvalue weighted by Gasteiger charge is -2.34. The van der Waals surface area contributed by atoms with E-state index in [0.717, 1.165) is 41.6 Å². The van der Waals surface area contributed by atoms with Crippen LogP contribution in [0.4, 0.5) is 14.5 Å². The van der Waals surface area contributed by atoms with Crippen LogP contribution in [0.2, 0.25) is 0 Å². The first-order valence-corrected chi connectivity index (χ1v) is 14.6. The van der Waals surface area contributed by atoms with Crippen molar-refractivity contribution in [2.75, 3.05) is 18.0 Å². The highest BCUT2D eigenvalue weighted by Gasteiger charge is 2.37. The van der Waals surface area contributed by atoms with Crippen molar-refractivity contribution in [2.45, 2.75) is 44.7 Å². The largest absolute Gasteiger partial charge is 0.329 e. The third-order valence-corrected chi connectivity index (χ3v) is 9.15. The van der Waals surface area contributed by atoms with E-state index in [1.807, 2.05) is 24.3 Å². The van der Waals surface area contributed by atoms with Crippen molar-refractivity contribution in [3.8, 4) is 10.6 Å². The Bertz CT molecular complexity index is 1590. The summed E-state index contributed by atoms with van der Waals surface area (Å²) in [5, 5.41) is 9.16. The third kappa shape index (κ3) is 4.94. The number of hydrogen-bond donors (Lipinski definition) is 0. The van der Waals surface area contributed by atoms with Crippen molar-refractivity contribution >= 4 is 44.8 Å². The van der Waals surface area contributed by atoms with Crippen LogP contribution in [0, 0.1) is 18.6 Å².